The number of imide groups is 1. The van der Waals surface area contributed by atoms with Crippen molar-refractivity contribution in [2.45, 2.75) is 6.54 Å². The summed E-state index contributed by atoms with van der Waals surface area (Å²) in [6.07, 6.45) is 1.53. The number of hydrogen-bond donors (Lipinski definition) is 0. The quantitative estimate of drug-likeness (QED) is 0.0999. The van der Waals surface area contributed by atoms with Crippen LogP contribution in [0, 0.1) is 10.1 Å². The van der Waals surface area contributed by atoms with Crippen LogP contribution >= 0.6 is 11.8 Å². The Bertz CT molecular complexity index is 1610. The van der Waals surface area contributed by atoms with Gasteiger partial charge in [0.25, 0.3) is 16.8 Å². The zero-order valence-corrected chi connectivity index (χ0v) is 20.0. The summed E-state index contributed by atoms with van der Waals surface area (Å²) in [5.74, 6) is -0.782. The van der Waals surface area contributed by atoms with Crippen molar-refractivity contribution in [3.05, 3.63) is 123 Å². The lowest BCUT2D eigenvalue weighted by Gasteiger charge is -2.12. The van der Waals surface area contributed by atoms with Crippen molar-refractivity contribution in [1.82, 2.24) is 4.90 Å². The molecule has 37 heavy (non-hydrogen) atoms. The summed E-state index contributed by atoms with van der Waals surface area (Å²) in [6.45, 7) is -0.207. The first-order chi connectivity index (χ1) is 17.9. The van der Waals surface area contributed by atoms with E-state index < -0.39 is 22.0 Å². The number of carbonyl (C=O) groups is 3. The summed E-state index contributed by atoms with van der Waals surface area (Å²) in [5.41, 5.74) is 1.09. The third-order valence-electron chi connectivity index (χ3n) is 5.77. The molecule has 2 amide bonds. The van der Waals surface area contributed by atoms with Crippen LogP contribution in [0.1, 0.15) is 21.5 Å². The molecule has 1 aliphatic heterocycles. The van der Waals surface area contributed by atoms with Gasteiger partial charge in [0.15, 0.2) is 0 Å². The monoisotopic (exact) mass is 510 g/mol. The average molecular weight is 511 g/mol. The van der Waals surface area contributed by atoms with Gasteiger partial charge in [0, 0.05) is 11.6 Å². The summed E-state index contributed by atoms with van der Waals surface area (Å²) in [6, 6.07) is 25.5. The number of thioether (sulfide) groups is 1. The highest BCUT2D eigenvalue weighted by Gasteiger charge is 2.36. The maximum Gasteiger partial charge on any atom is 0.344 e. The first-order valence-electron chi connectivity index (χ1n) is 11.2. The summed E-state index contributed by atoms with van der Waals surface area (Å²) >= 11 is 0.749. The van der Waals surface area contributed by atoms with E-state index in [1.165, 1.54) is 24.3 Å². The fourth-order valence-corrected chi connectivity index (χ4v) is 4.85. The molecule has 0 atom stereocenters. The zero-order chi connectivity index (χ0) is 25.9. The smallest absolute Gasteiger partial charge is 0.344 e. The van der Waals surface area contributed by atoms with Gasteiger partial charge in [-0.2, -0.15) is 0 Å². The van der Waals surface area contributed by atoms with Gasteiger partial charge in [-0.3, -0.25) is 24.6 Å². The van der Waals surface area contributed by atoms with E-state index >= 15 is 0 Å². The van der Waals surface area contributed by atoms with Gasteiger partial charge in [-0.1, -0.05) is 66.7 Å². The maximum atomic E-state index is 12.9. The molecule has 0 N–H and O–H groups in total. The number of amides is 2. The minimum absolute atomic E-state index is 0.161. The standard InChI is InChI=1S/C28H18N2O6S/c31-26-25(37-28(33)29(26)17-20-9-2-4-14-24(20)30(34)35)16-18-7-5-11-21(15-18)36-27(32)23-13-6-10-19-8-1-3-12-22(19)23/h1-16H,17H2/b25-16-. The SMILES string of the molecule is O=C(Oc1cccc(/C=C2\SC(=O)N(Cc3ccccc3[N+](=O)[O-])C2=O)c1)c1cccc2ccccc12. The average Bonchev–Trinajstić information content (AvgIpc) is 3.16. The number of rotatable bonds is 6. The molecule has 0 spiro atoms. The van der Waals surface area contributed by atoms with Crippen molar-refractivity contribution in [1.29, 1.82) is 0 Å². The van der Waals surface area contributed by atoms with E-state index in [-0.39, 0.29) is 28.5 Å². The molecule has 1 heterocycles. The van der Waals surface area contributed by atoms with Gasteiger partial charge in [-0.25, -0.2) is 4.79 Å². The Kier molecular flexibility index (Phi) is 6.53. The van der Waals surface area contributed by atoms with E-state index in [1.54, 1.807) is 42.5 Å². The molecule has 9 heteroatoms. The molecule has 4 aromatic carbocycles. The van der Waals surface area contributed by atoms with Gasteiger partial charge in [0.1, 0.15) is 5.75 Å². The highest BCUT2D eigenvalue weighted by Crippen LogP contribution is 2.35. The molecule has 0 bridgehead atoms. The minimum atomic E-state index is -0.550. The van der Waals surface area contributed by atoms with Crippen molar-refractivity contribution in [3.8, 4) is 5.75 Å². The highest BCUT2D eigenvalue weighted by atomic mass is 32.2. The van der Waals surface area contributed by atoms with Crippen molar-refractivity contribution in [3.63, 3.8) is 0 Å². The van der Waals surface area contributed by atoms with Crippen LogP contribution in [-0.2, 0) is 11.3 Å². The van der Waals surface area contributed by atoms with E-state index in [1.807, 2.05) is 30.3 Å². The molecule has 1 aliphatic rings. The number of benzene rings is 4. The van der Waals surface area contributed by atoms with Crippen molar-refractivity contribution in [2.24, 2.45) is 0 Å². The second-order valence-electron chi connectivity index (χ2n) is 8.14. The number of esters is 1. The summed E-state index contributed by atoms with van der Waals surface area (Å²) < 4.78 is 5.60. The first kappa shape index (κ1) is 24.0. The van der Waals surface area contributed by atoms with E-state index in [9.17, 15) is 24.5 Å². The van der Waals surface area contributed by atoms with Crippen molar-refractivity contribution >= 4 is 51.4 Å². The molecular weight excluding hydrogens is 492 g/mol. The minimum Gasteiger partial charge on any atom is -0.423 e. The number of nitro benzene ring substituents is 1. The number of carbonyl (C=O) groups excluding carboxylic acids is 3. The molecule has 0 unspecified atom stereocenters. The number of nitro groups is 1. The van der Waals surface area contributed by atoms with Gasteiger partial charge in [0.2, 0.25) is 0 Å². The number of nitrogens with zero attached hydrogens (tertiary/aromatic N) is 2. The molecule has 1 fully saturated rings. The molecule has 0 aromatic heterocycles. The van der Waals surface area contributed by atoms with E-state index in [0.29, 0.717) is 11.1 Å². The lowest BCUT2D eigenvalue weighted by molar-refractivity contribution is -0.385. The fourth-order valence-electron chi connectivity index (χ4n) is 4.01. The summed E-state index contributed by atoms with van der Waals surface area (Å²) in [4.78, 5) is 50.2. The van der Waals surface area contributed by atoms with Crippen LogP contribution in [0.3, 0.4) is 0 Å². The summed E-state index contributed by atoms with van der Waals surface area (Å²) in [7, 11) is 0. The second kappa shape index (κ2) is 10.1. The van der Waals surface area contributed by atoms with Gasteiger partial charge in [0.05, 0.1) is 21.9 Å². The van der Waals surface area contributed by atoms with Crippen LogP contribution < -0.4 is 4.74 Å². The Hall–Kier alpha value is -4.76. The maximum absolute atomic E-state index is 12.9. The molecule has 0 aliphatic carbocycles. The van der Waals surface area contributed by atoms with Gasteiger partial charge < -0.3 is 4.74 Å². The molecule has 182 valence electrons. The lowest BCUT2D eigenvalue weighted by Crippen LogP contribution is -2.27. The van der Waals surface area contributed by atoms with Crippen molar-refractivity contribution in [2.75, 3.05) is 0 Å². The number of ether oxygens (including phenoxy) is 1. The third-order valence-corrected chi connectivity index (χ3v) is 6.67. The van der Waals surface area contributed by atoms with E-state index in [2.05, 4.69) is 0 Å². The Labute approximate surface area is 215 Å². The Morgan fingerprint density at radius 3 is 2.51 bits per heavy atom. The molecule has 5 rings (SSSR count). The molecule has 0 radical (unpaired) electrons. The molecule has 1 saturated heterocycles. The molecule has 4 aromatic rings. The van der Waals surface area contributed by atoms with Crippen LogP contribution in [0.25, 0.3) is 16.8 Å². The largest absolute Gasteiger partial charge is 0.423 e. The Balaban J connectivity index is 1.35. The topological polar surface area (TPSA) is 107 Å². The zero-order valence-electron chi connectivity index (χ0n) is 19.2. The number of para-hydroxylation sites is 1. The predicted octanol–water partition coefficient (Wildman–Crippen LogP) is 6.20. The number of hydrogen-bond acceptors (Lipinski definition) is 7. The molecule has 8 nitrogen and oxygen atoms in total. The third kappa shape index (κ3) is 4.98. The van der Waals surface area contributed by atoms with Crippen LogP contribution in [0.4, 0.5) is 10.5 Å². The second-order valence-corrected chi connectivity index (χ2v) is 9.14. The van der Waals surface area contributed by atoms with Gasteiger partial charge in [-0.15, -0.1) is 0 Å². The van der Waals surface area contributed by atoms with Crippen LogP contribution in [0.2, 0.25) is 0 Å². The van der Waals surface area contributed by atoms with Gasteiger partial charge >= 0.3 is 5.97 Å². The lowest BCUT2D eigenvalue weighted by atomic mass is 10.0. The van der Waals surface area contributed by atoms with Crippen LogP contribution in [-0.4, -0.2) is 26.9 Å². The van der Waals surface area contributed by atoms with Crippen LogP contribution in [0.5, 0.6) is 5.75 Å². The van der Waals surface area contributed by atoms with E-state index in [4.69, 9.17) is 4.74 Å². The highest BCUT2D eigenvalue weighted by molar-refractivity contribution is 8.18. The fraction of sp³-hybridized carbons (Fsp3) is 0.0357. The van der Waals surface area contributed by atoms with Crippen molar-refractivity contribution < 1.29 is 24.0 Å². The van der Waals surface area contributed by atoms with Gasteiger partial charge in [-0.05, 0) is 52.4 Å². The Morgan fingerprint density at radius 2 is 1.68 bits per heavy atom. The van der Waals surface area contributed by atoms with Crippen LogP contribution in [0.15, 0.2) is 95.9 Å². The first-order valence-corrected chi connectivity index (χ1v) is 12.0. The van der Waals surface area contributed by atoms with E-state index in [0.717, 1.165) is 27.4 Å². The normalized spacial score (nSPS) is 14.4. The molecular formula is C28H18N2O6S. The molecule has 0 saturated carbocycles. The number of fused-ring (bicyclic) bond motifs is 1. The Morgan fingerprint density at radius 1 is 0.946 bits per heavy atom. The summed E-state index contributed by atoms with van der Waals surface area (Å²) in [5, 5.41) is 12.5. The predicted molar refractivity (Wildman–Crippen MR) is 140 cm³/mol.